The fourth-order valence-corrected chi connectivity index (χ4v) is 2.16. The number of halogens is 1. The molecule has 0 fully saturated rings. The number of H-pyrrole nitrogens is 1. The van der Waals surface area contributed by atoms with Gasteiger partial charge >= 0.3 is 0 Å². The highest BCUT2D eigenvalue weighted by Crippen LogP contribution is 2.17. The standard InChI is InChI=1S/C8H14BrN3O2S/c1-8(2,5-9)6-11-15(13,14)7-3-4-10-12-7/h3-4,11H,5-6H2,1-2H3,(H,10,12). The molecule has 2 N–H and O–H groups in total. The van der Waals surface area contributed by atoms with Crippen LogP contribution in [0.5, 0.6) is 0 Å². The second-order valence-corrected chi connectivity index (χ2v) is 6.34. The maximum atomic E-state index is 11.7. The predicted molar refractivity (Wildman–Crippen MR) is 61.4 cm³/mol. The van der Waals surface area contributed by atoms with E-state index in [0.29, 0.717) is 6.54 Å². The summed E-state index contributed by atoms with van der Waals surface area (Å²) in [5.41, 5.74) is -0.118. The molecule has 0 amide bonds. The first kappa shape index (κ1) is 12.7. The molecule has 1 aromatic heterocycles. The minimum Gasteiger partial charge on any atom is -0.266 e. The molecule has 15 heavy (non-hydrogen) atoms. The summed E-state index contributed by atoms with van der Waals surface area (Å²) in [4.78, 5) is 0. The van der Waals surface area contributed by atoms with Crippen LogP contribution in [0.25, 0.3) is 0 Å². The number of nitrogens with zero attached hydrogens (tertiary/aromatic N) is 1. The van der Waals surface area contributed by atoms with E-state index in [1.54, 1.807) is 0 Å². The number of aromatic amines is 1. The van der Waals surface area contributed by atoms with E-state index in [1.165, 1.54) is 12.3 Å². The van der Waals surface area contributed by atoms with Crippen LogP contribution >= 0.6 is 15.9 Å². The van der Waals surface area contributed by atoms with Gasteiger partial charge in [0, 0.05) is 11.9 Å². The second kappa shape index (κ2) is 4.63. The SMILES string of the molecule is CC(C)(CBr)CNS(=O)(=O)c1ccn[nH]1. The third-order valence-electron chi connectivity index (χ3n) is 1.87. The summed E-state index contributed by atoms with van der Waals surface area (Å²) in [6.07, 6.45) is 1.41. The lowest BCUT2D eigenvalue weighted by atomic mass is 9.98. The molecule has 0 atom stereocenters. The molecular weight excluding hydrogens is 282 g/mol. The van der Waals surface area contributed by atoms with Crippen molar-refractivity contribution in [1.29, 1.82) is 0 Å². The maximum Gasteiger partial charge on any atom is 0.257 e. The molecule has 0 unspecified atom stereocenters. The maximum absolute atomic E-state index is 11.7. The summed E-state index contributed by atoms with van der Waals surface area (Å²) in [7, 11) is -3.45. The van der Waals surface area contributed by atoms with Gasteiger partial charge in [-0.25, -0.2) is 13.1 Å². The zero-order valence-electron chi connectivity index (χ0n) is 8.62. The van der Waals surface area contributed by atoms with Crippen molar-refractivity contribution in [2.45, 2.75) is 18.9 Å². The molecular formula is C8H14BrN3O2S. The second-order valence-electron chi connectivity index (χ2n) is 4.04. The molecule has 0 aliphatic rings. The Bertz CT molecular complexity index is 400. The van der Waals surface area contributed by atoms with Gasteiger partial charge in [-0.05, 0) is 11.5 Å². The molecule has 0 bridgehead atoms. The minimum atomic E-state index is -3.45. The average molecular weight is 296 g/mol. The summed E-state index contributed by atoms with van der Waals surface area (Å²) < 4.78 is 25.8. The highest BCUT2D eigenvalue weighted by Gasteiger charge is 2.21. The molecule has 7 heteroatoms. The van der Waals surface area contributed by atoms with Crippen molar-refractivity contribution < 1.29 is 8.42 Å². The van der Waals surface area contributed by atoms with Crippen molar-refractivity contribution in [3.8, 4) is 0 Å². The Morgan fingerprint density at radius 2 is 2.27 bits per heavy atom. The molecule has 5 nitrogen and oxygen atoms in total. The molecule has 1 rings (SSSR count). The van der Waals surface area contributed by atoms with E-state index < -0.39 is 10.0 Å². The number of hydrogen-bond acceptors (Lipinski definition) is 3. The molecule has 1 aromatic rings. The van der Waals surface area contributed by atoms with Crippen molar-refractivity contribution in [2.24, 2.45) is 5.41 Å². The van der Waals surface area contributed by atoms with Crippen molar-refractivity contribution in [2.75, 3.05) is 11.9 Å². The van der Waals surface area contributed by atoms with Crippen LogP contribution in [0.1, 0.15) is 13.8 Å². The van der Waals surface area contributed by atoms with E-state index in [9.17, 15) is 8.42 Å². The Labute approximate surface area is 97.8 Å². The molecule has 1 heterocycles. The van der Waals surface area contributed by atoms with E-state index in [4.69, 9.17) is 0 Å². The van der Waals surface area contributed by atoms with Crippen LogP contribution in [-0.4, -0.2) is 30.5 Å². The first-order chi connectivity index (χ1) is 6.87. The topological polar surface area (TPSA) is 74.8 Å². The van der Waals surface area contributed by atoms with Crippen LogP contribution in [0.15, 0.2) is 17.3 Å². The summed E-state index contributed by atoms with van der Waals surface area (Å²) >= 11 is 3.33. The van der Waals surface area contributed by atoms with E-state index in [2.05, 4.69) is 30.8 Å². The molecule has 0 aliphatic carbocycles. The first-order valence-corrected chi connectivity index (χ1v) is 7.03. The molecule has 0 saturated heterocycles. The zero-order valence-corrected chi connectivity index (χ0v) is 11.0. The average Bonchev–Trinajstić information content (AvgIpc) is 2.69. The molecule has 86 valence electrons. The van der Waals surface area contributed by atoms with Gasteiger partial charge in [-0.3, -0.25) is 5.10 Å². The Morgan fingerprint density at radius 1 is 1.60 bits per heavy atom. The van der Waals surface area contributed by atoms with Crippen molar-refractivity contribution >= 4 is 26.0 Å². The zero-order chi connectivity index (χ0) is 11.5. The monoisotopic (exact) mass is 295 g/mol. The number of nitrogens with one attached hydrogen (secondary N) is 2. The summed E-state index contributed by atoms with van der Waals surface area (Å²) in [6, 6.07) is 1.42. The Morgan fingerprint density at radius 3 is 2.73 bits per heavy atom. The summed E-state index contributed by atoms with van der Waals surface area (Å²) in [5.74, 6) is 0. The third kappa shape index (κ3) is 3.58. The van der Waals surface area contributed by atoms with E-state index in [1.807, 2.05) is 13.8 Å². The molecule has 0 aromatic carbocycles. The van der Waals surface area contributed by atoms with E-state index in [0.717, 1.165) is 5.33 Å². The largest absolute Gasteiger partial charge is 0.266 e. The molecule has 0 saturated carbocycles. The van der Waals surface area contributed by atoms with Crippen molar-refractivity contribution in [3.05, 3.63) is 12.3 Å². The summed E-state index contributed by atoms with van der Waals surface area (Å²) in [6.45, 7) is 4.31. The molecule has 0 spiro atoms. The number of aromatic nitrogens is 2. The Hall–Kier alpha value is -0.400. The highest BCUT2D eigenvalue weighted by atomic mass is 79.9. The van der Waals surface area contributed by atoms with Gasteiger partial charge in [-0.2, -0.15) is 5.10 Å². The van der Waals surface area contributed by atoms with Gasteiger partial charge in [0.25, 0.3) is 10.0 Å². The van der Waals surface area contributed by atoms with Crippen LogP contribution in [0.3, 0.4) is 0 Å². The van der Waals surface area contributed by atoms with Crippen LogP contribution in [0, 0.1) is 5.41 Å². The number of sulfonamides is 1. The van der Waals surface area contributed by atoms with Gasteiger partial charge in [0.2, 0.25) is 0 Å². The number of alkyl halides is 1. The summed E-state index contributed by atoms with van der Waals surface area (Å²) in [5, 5.41) is 6.84. The van der Waals surface area contributed by atoms with Crippen LogP contribution in [-0.2, 0) is 10.0 Å². The minimum absolute atomic E-state index is 0.0906. The van der Waals surface area contributed by atoms with Crippen LogP contribution in [0.4, 0.5) is 0 Å². The van der Waals surface area contributed by atoms with Gasteiger partial charge in [0.05, 0.1) is 6.20 Å². The van der Waals surface area contributed by atoms with Gasteiger partial charge in [0.1, 0.15) is 0 Å². The molecule has 0 radical (unpaired) electrons. The van der Waals surface area contributed by atoms with Gasteiger partial charge < -0.3 is 0 Å². The van der Waals surface area contributed by atoms with Crippen LogP contribution < -0.4 is 4.72 Å². The lowest BCUT2D eigenvalue weighted by molar-refractivity contribution is 0.419. The van der Waals surface area contributed by atoms with Gasteiger partial charge in [0.15, 0.2) is 5.03 Å². The fraction of sp³-hybridized carbons (Fsp3) is 0.625. The number of rotatable bonds is 5. The predicted octanol–water partition coefficient (Wildman–Crippen LogP) is 1.11. The quantitative estimate of drug-likeness (QED) is 0.799. The third-order valence-corrected chi connectivity index (χ3v) is 4.72. The lowest BCUT2D eigenvalue weighted by Gasteiger charge is -2.21. The van der Waals surface area contributed by atoms with E-state index in [-0.39, 0.29) is 10.4 Å². The Balaban J connectivity index is 2.67. The first-order valence-electron chi connectivity index (χ1n) is 4.42. The Kier molecular flexibility index (Phi) is 3.91. The van der Waals surface area contributed by atoms with Gasteiger partial charge in [-0.1, -0.05) is 29.8 Å². The van der Waals surface area contributed by atoms with Crippen molar-refractivity contribution in [3.63, 3.8) is 0 Å². The fourth-order valence-electron chi connectivity index (χ4n) is 0.808. The molecule has 0 aliphatic heterocycles. The number of hydrogen-bond donors (Lipinski definition) is 2. The smallest absolute Gasteiger partial charge is 0.257 e. The van der Waals surface area contributed by atoms with Gasteiger partial charge in [-0.15, -0.1) is 0 Å². The lowest BCUT2D eigenvalue weighted by Crippen LogP contribution is -2.35. The van der Waals surface area contributed by atoms with Crippen molar-refractivity contribution in [1.82, 2.24) is 14.9 Å². The van der Waals surface area contributed by atoms with E-state index >= 15 is 0 Å². The normalized spacial score (nSPS) is 13.0. The van der Waals surface area contributed by atoms with Crippen LogP contribution in [0.2, 0.25) is 0 Å². The highest BCUT2D eigenvalue weighted by molar-refractivity contribution is 9.09.